The first kappa shape index (κ1) is 13.1. The van der Waals surface area contributed by atoms with E-state index in [1.54, 1.807) is 0 Å². The molecule has 0 aliphatic rings. The Bertz CT molecular complexity index is 432. The fourth-order valence-corrected chi connectivity index (χ4v) is 2.43. The molecular formula is C10H14N4S2. The average molecular weight is 254 g/mol. The smallest absolute Gasteiger partial charge is 0.191 e. The van der Waals surface area contributed by atoms with Gasteiger partial charge in [-0.25, -0.2) is 9.97 Å². The van der Waals surface area contributed by atoms with E-state index in [1.165, 1.54) is 23.5 Å². The van der Waals surface area contributed by atoms with E-state index < -0.39 is 0 Å². The Morgan fingerprint density at radius 2 is 1.94 bits per heavy atom. The van der Waals surface area contributed by atoms with Crippen LogP contribution in [-0.2, 0) is 0 Å². The van der Waals surface area contributed by atoms with E-state index in [2.05, 4.69) is 30.7 Å². The van der Waals surface area contributed by atoms with Crippen molar-refractivity contribution in [2.24, 2.45) is 0 Å². The van der Waals surface area contributed by atoms with Crippen LogP contribution in [0.25, 0.3) is 0 Å². The average Bonchev–Trinajstić information content (AvgIpc) is 2.14. The van der Waals surface area contributed by atoms with Crippen molar-refractivity contribution in [2.75, 3.05) is 12.0 Å². The number of nitrogens with zero attached hydrogens (tertiary/aromatic N) is 3. The Kier molecular flexibility index (Phi) is 4.05. The number of aromatic nitrogens is 2. The van der Waals surface area contributed by atoms with Gasteiger partial charge in [0.05, 0.1) is 0 Å². The SMILES string of the molecule is CSc1nc(SC(C)(C)C)nc(N)c1C#N. The normalized spacial score (nSPS) is 11.2. The molecule has 0 saturated carbocycles. The van der Waals surface area contributed by atoms with Crippen LogP contribution in [0, 0.1) is 11.3 Å². The van der Waals surface area contributed by atoms with Crippen molar-refractivity contribution >= 4 is 29.3 Å². The van der Waals surface area contributed by atoms with Gasteiger partial charge in [-0.1, -0.05) is 32.5 Å². The second-order valence-corrected chi connectivity index (χ2v) is 6.69. The lowest BCUT2D eigenvalue weighted by Crippen LogP contribution is -2.10. The maximum atomic E-state index is 8.92. The van der Waals surface area contributed by atoms with Gasteiger partial charge in [-0.3, -0.25) is 0 Å². The molecule has 0 aliphatic heterocycles. The van der Waals surface area contributed by atoms with Crippen LogP contribution in [0.15, 0.2) is 10.2 Å². The molecule has 0 spiro atoms. The molecule has 4 nitrogen and oxygen atoms in total. The highest BCUT2D eigenvalue weighted by Gasteiger charge is 2.17. The maximum Gasteiger partial charge on any atom is 0.191 e. The molecule has 1 aromatic rings. The summed E-state index contributed by atoms with van der Waals surface area (Å²) in [5, 5.41) is 10.2. The standard InChI is InChI=1S/C10H14N4S2/c1-10(2,3)16-9-13-7(12)6(5-11)8(14-9)15-4/h1-4H3,(H2,12,13,14). The second kappa shape index (κ2) is 4.93. The van der Waals surface area contributed by atoms with Crippen LogP contribution < -0.4 is 5.73 Å². The molecule has 0 fully saturated rings. The van der Waals surface area contributed by atoms with Crippen LogP contribution in [0.1, 0.15) is 26.3 Å². The zero-order valence-corrected chi connectivity index (χ0v) is 11.4. The van der Waals surface area contributed by atoms with Gasteiger partial charge in [0.25, 0.3) is 0 Å². The Morgan fingerprint density at radius 1 is 1.31 bits per heavy atom. The van der Waals surface area contributed by atoms with Crippen molar-refractivity contribution in [3.8, 4) is 6.07 Å². The highest BCUT2D eigenvalue weighted by atomic mass is 32.2. The van der Waals surface area contributed by atoms with Crippen LogP contribution in [0.2, 0.25) is 0 Å². The summed E-state index contributed by atoms with van der Waals surface area (Å²) in [6.45, 7) is 6.23. The van der Waals surface area contributed by atoms with Gasteiger partial charge in [-0.05, 0) is 6.26 Å². The molecule has 0 atom stereocenters. The molecule has 1 rings (SSSR count). The minimum absolute atomic E-state index is 0.0241. The summed E-state index contributed by atoms with van der Waals surface area (Å²) >= 11 is 2.95. The van der Waals surface area contributed by atoms with Crippen LogP contribution >= 0.6 is 23.5 Å². The molecule has 0 aliphatic carbocycles. The summed E-state index contributed by atoms with van der Waals surface area (Å²) in [6, 6.07) is 2.02. The molecule has 1 aromatic heterocycles. The van der Waals surface area contributed by atoms with Gasteiger partial charge in [0.1, 0.15) is 22.5 Å². The molecule has 2 N–H and O–H groups in total. The topological polar surface area (TPSA) is 75.6 Å². The third-order valence-electron chi connectivity index (χ3n) is 1.59. The summed E-state index contributed by atoms with van der Waals surface area (Å²) in [7, 11) is 0. The molecular weight excluding hydrogens is 240 g/mol. The number of thioether (sulfide) groups is 2. The predicted octanol–water partition coefficient (Wildman–Crippen LogP) is 2.54. The Hall–Kier alpha value is -0.930. The summed E-state index contributed by atoms with van der Waals surface area (Å²) in [6.07, 6.45) is 1.87. The number of rotatable bonds is 2. The lowest BCUT2D eigenvalue weighted by molar-refractivity contribution is 0.785. The van der Waals surface area contributed by atoms with Crippen molar-refractivity contribution in [2.45, 2.75) is 35.7 Å². The summed E-state index contributed by atoms with van der Waals surface area (Å²) < 4.78 is 0.0241. The zero-order chi connectivity index (χ0) is 12.3. The van der Waals surface area contributed by atoms with Gasteiger partial charge >= 0.3 is 0 Å². The highest BCUT2D eigenvalue weighted by Crippen LogP contribution is 2.32. The number of hydrogen-bond donors (Lipinski definition) is 1. The van der Waals surface area contributed by atoms with Crippen molar-refractivity contribution < 1.29 is 0 Å². The van der Waals surface area contributed by atoms with E-state index in [1.807, 2.05) is 12.3 Å². The van der Waals surface area contributed by atoms with Crippen molar-refractivity contribution in [3.63, 3.8) is 0 Å². The van der Waals surface area contributed by atoms with E-state index in [4.69, 9.17) is 11.0 Å². The maximum absolute atomic E-state index is 8.92. The molecule has 0 bridgehead atoms. The minimum atomic E-state index is 0.0241. The Labute approximate surface area is 104 Å². The molecule has 0 saturated heterocycles. The van der Waals surface area contributed by atoms with Crippen molar-refractivity contribution in [1.82, 2.24) is 9.97 Å². The molecule has 6 heteroatoms. The first-order chi connectivity index (χ1) is 7.37. The molecule has 0 radical (unpaired) electrons. The van der Waals surface area contributed by atoms with Crippen LogP contribution in [0.5, 0.6) is 0 Å². The number of anilines is 1. The summed E-state index contributed by atoms with van der Waals surface area (Å²) in [4.78, 5) is 8.45. The van der Waals surface area contributed by atoms with E-state index in [-0.39, 0.29) is 10.6 Å². The first-order valence-electron chi connectivity index (χ1n) is 4.68. The van der Waals surface area contributed by atoms with Crippen LogP contribution in [0.4, 0.5) is 5.82 Å². The number of nitrogens with two attached hydrogens (primary N) is 1. The van der Waals surface area contributed by atoms with E-state index in [0.29, 0.717) is 15.7 Å². The van der Waals surface area contributed by atoms with E-state index in [0.717, 1.165) is 0 Å². The van der Waals surface area contributed by atoms with Gasteiger partial charge in [-0.15, -0.1) is 11.8 Å². The molecule has 0 unspecified atom stereocenters. The van der Waals surface area contributed by atoms with Gasteiger partial charge in [-0.2, -0.15) is 5.26 Å². The van der Waals surface area contributed by atoms with Gasteiger partial charge in [0, 0.05) is 4.75 Å². The molecule has 0 amide bonds. The third-order valence-corrected chi connectivity index (χ3v) is 3.25. The Morgan fingerprint density at radius 3 is 2.38 bits per heavy atom. The quantitative estimate of drug-likeness (QED) is 0.496. The van der Waals surface area contributed by atoms with Gasteiger partial charge < -0.3 is 5.73 Å². The van der Waals surface area contributed by atoms with Crippen molar-refractivity contribution in [1.29, 1.82) is 5.26 Å². The predicted molar refractivity (Wildman–Crippen MR) is 68.6 cm³/mol. The summed E-state index contributed by atoms with van der Waals surface area (Å²) in [5.74, 6) is 0.258. The second-order valence-electron chi connectivity index (χ2n) is 4.10. The number of hydrogen-bond acceptors (Lipinski definition) is 6. The van der Waals surface area contributed by atoms with Crippen molar-refractivity contribution in [3.05, 3.63) is 5.56 Å². The highest BCUT2D eigenvalue weighted by molar-refractivity contribution is 8.00. The fourth-order valence-electron chi connectivity index (χ4n) is 1.01. The fraction of sp³-hybridized carbons (Fsp3) is 0.500. The third kappa shape index (κ3) is 3.29. The monoisotopic (exact) mass is 254 g/mol. The van der Waals surface area contributed by atoms with E-state index in [9.17, 15) is 0 Å². The van der Waals surface area contributed by atoms with Crippen LogP contribution in [-0.4, -0.2) is 21.0 Å². The van der Waals surface area contributed by atoms with Gasteiger partial charge in [0.2, 0.25) is 0 Å². The largest absolute Gasteiger partial charge is 0.382 e. The lowest BCUT2D eigenvalue weighted by atomic mass is 10.3. The molecule has 16 heavy (non-hydrogen) atoms. The van der Waals surface area contributed by atoms with E-state index >= 15 is 0 Å². The molecule has 86 valence electrons. The Balaban J connectivity index is 3.17. The van der Waals surface area contributed by atoms with Crippen LogP contribution in [0.3, 0.4) is 0 Å². The first-order valence-corrected chi connectivity index (χ1v) is 6.72. The lowest BCUT2D eigenvalue weighted by Gasteiger charge is -2.16. The number of nitrogen functional groups attached to an aromatic ring is 1. The zero-order valence-electron chi connectivity index (χ0n) is 9.74. The van der Waals surface area contributed by atoms with Gasteiger partial charge in [0.15, 0.2) is 5.16 Å². The molecule has 1 heterocycles. The molecule has 0 aromatic carbocycles. The minimum Gasteiger partial charge on any atom is -0.382 e. The number of nitriles is 1. The summed E-state index contributed by atoms with van der Waals surface area (Å²) in [5.41, 5.74) is 6.09.